The molecule has 21 heavy (non-hydrogen) atoms. The van der Waals surface area contributed by atoms with Gasteiger partial charge in [-0.05, 0) is 30.5 Å². The molecule has 6 heteroatoms. The first-order valence-corrected chi connectivity index (χ1v) is 7.27. The van der Waals surface area contributed by atoms with E-state index in [1.165, 1.54) is 0 Å². The summed E-state index contributed by atoms with van der Waals surface area (Å²) in [4.78, 5) is 14.6. The molecule has 114 valence electrons. The van der Waals surface area contributed by atoms with Gasteiger partial charge in [0.15, 0.2) is 11.5 Å². The molecule has 1 unspecified atom stereocenters. The Balaban J connectivity index is 2.11. The average molecular weight is 308 g/mol. The Kier molecular flexibility index (Phi) is 5.01. The van der Waals surface area contributed by atoms with E-state index >= 15 is 0 Å². The van der Waals surface area contributed by atoms with Gasteiger partial charge in [0, 0.05) is 6.54 Å². The van der Waals surface area contributed by atoms with Gasteiger partial charge in [0.05, 0.1) is 31.7 Å². The molecule has 1 aromatic rings. The Labute approximate surface area is 130 Å². The van der Waals surface area contributed by atoms with E-state index in [0.29, 0.717) is 29.5 Å². The van der Waals surface area contributed by atoms with E-state index in [-0.39, 0.29) is 11.9 Å². The SMILES string of the molecule is COc1ccc(CC(=O)N2CCCC2C(N)=S)cc1OC. The number of carbonyl (C=O) groups excluding carboxylic acids is 1. The predicted octanol–water partition coefficient (Wildman–Crippen LogP) is 1.52. The normalized spacial score (nSPS) is 17.6. The number of ether oxygens (including phenoxy) is 2. The monoisotopic (exact) mass is 308 g/mol. The molecule has 1 fully saturated rings. The molecule has 0 aromatic heterocycles. The van der Waals surface area contributed by atoms with Gasteiger partial charge in [0.2, 0.25) is 5.91 Å². The van der Waals surface area contributed by atoms with Crippen molar-refractivity contribution >= 4 is 23.1 Å². The van der Waals surface area contributed by atoms with E-state index in [2.05, 4.69) is 0 Å². The van der Waals surface area contributed by atoms with Crippen LogP contribution in [0.4, 0.5) is 0 Å². The van der Waals surface area contributed by atoms with Crippen molar-refractivity contribution in [2.45, 2.75) is 25.3 Å². The van der Waals surface area contributed by atoms with E-state index in [1.807, 2.05) is 12.1 Å². The number of nitrogens with two attached hydrogens (primary N) is 1. The van der Waals surface area contributed by atoms with Gasteiger partial charge < -0.3 is 20.1 Å². The maximum absolute atomic E-state index is 12.4. The molecule has 5 nitrogen and oxygen atoms in total. The molecule has 1 heterocycles. The topological polar surface area (TPSA) is 64.8 Å². The number of carbonyl (C=O) groups is 1. The molecule has 2 N–H and O–H groups in total. The van der Waals surface area contributed by atoms with Crippen LogP contribution in [0.25, 0.3) is 0 Å². The maximum Gasteiger partial charge on any atom is 0.227 e. The van der Waals surface area contributed by atoms with Gasteiger partial charge in [-0.2, -0.15) is 0 Å². The fourth-order valence-electron chi connectivity index (χ4n) is 2.63. The highest BCUT2D eigenvalue weighted by Crippen LogP contribution is 2.28. The zero-order valence-electron chi connectivity index (χ0n) is 12.3. The highest BCUT2D eigenvalue weighted by molar-refractivity contribution is 7.80. The van der Waals surface area contributed by atoms with Gasteiger partial charge in [0.25, 0.3) is 0 Å². The van der Waals surface area contributed by atoms with Crippen LogP contribution in [0, 0.1) is 0 Å². The molecule has 1 amide bonds. The Morgan fingerprint density at radius 3 is 2.71 bits per heavy atom. The van der Waals surface area contributed by atoms with Crippen LogP contribution in [0.2, 0.25) is 0 Å². The Hall–Kier alpha value is -1.82. The summed E-state index contributed by atoms with van der Waals surface area (Å²) >= 11 is 5.04. The molecule has 1 aromatic carbocycles. The second-order valence-corrected chi connectivity index (χ2v) is 5.49. The molecule has 1 aliphatic rings. The number of nitrogens with zero attached hydrogens (tertiary/aromatic N) is 1. The number of hydrogen-bond donors (Lipinski definition) is 1. The number of benzene rings is 1. The van der Waals surface area contributed by atoms with Crippen LogP contribution < -0.4 is 15.2 Å². The molecule has 0 radical (unpaired) electrons. The second-order valence-electron chi connectivity index (χ2n) is 5.01. The summed E-state index contributed by atoms with van der Waals surface area (Å²) < 4.78 is 10.4. The predicted molar refractivity (Wildman–Crippen MR) is 84.8 cm³/mol. The third-order valence-electron chi connectivity index (χ3n) is 3.70. The minimum Gasteiger partial charge on any atom is -0.493 e. The minimum atomic E-state index is -0.104. The third kappa shape index (κ3) is 3.44. The second kappa shape index (κ2) is 6.76. The zero-order chi connectivity index (χ0) is 15.4. The molecule has 2 rings (SSSR count). The van der Waals surface area contributed by atoms with Crippen LogP contribution in [0.1, 0.15) is 18.4 Å². The van der Waals surface area contributed by atoms with Gasteiger partial charge in [-0.1, -0.05) is 18.3 Å². The molecular formula is C15H20N2O3S. The van der Waals surface area contributed by atoms with Crippen molar-refractivity contribution in [1.82, 2.24) is 4.90 Å². The molecule has 0 aliphatic carbocycles. The quantitative estimate of drug-likeness (QED) is 0.836. The summed E-state index contributed by atoms with van der Waals surface area (Å²) in [6.45, 7) is 0.716. The largest absolute Gasteiger partial charge is 0.493 e. The van der Waals surface area contributed by atoms with Crippen LogP contribution in [-0.2, 0) is 11.2 Å². The summed E-state index contributed by atoms with van der Waals surface area (Å²) in [5, 5.41) is 0. The van der Waals surface area contributed by atoms with Crippen molar-refractivity contribution in [1.29, 1.82) is 0 Å². The van der Waals surface area contributed by atoms with Crippen molar-refractivity contribution in [2.24, 2.45) is 5.73 Å². The van der Waals surface area contributed by atoms with Crippen LogP contribution in [0.5, 0.6) is 11.5 Å². The van der Waals surface area contributed by atoms with Gasteiger partial charge in [-0.3, -0.25) is 4.79 Å². The summed E-state index contributed by atoms with van der Waals surface area (Å²) in [5.74, 6) is 1.31. The molecule has 1 atom stereocenters. The van der Waals surface area contributed by atoms with Crippen LogP contribution in [-0.4, -0.2) is 42.6 Å². The first-order chi connectivity index (χ1) is 10.1. The Morgan fingerprint density at radius 2 is 2.10 bits per heavy atom. The number of methoxy groups -OCH3 is 2. The summed E-state index contributed by atoms with van der Waals surface area (Å²) in [6, 6.07) is 5.39. The van der Waals surface area contributed by atoms with Gasteiger partial charge in [-0.25, -0.2) is 0 Å². The number of hydrogen-bond acceptors (Lipinski definition) is 4. The summed E-state index contributed by atoms with van der Waals surface area (Å²) in [6.07, 6.45) is 2.10. The highest BCUT2D eigenvalue weighted by Gasteiger charge is 2.30. The fraction of sp³-hybridized carbons (Fsp3) is 0.467. The van der Waals surface area contributed by atoms with Crippen LogP contribution >= 0.6 is 12.2 Å². The van der Waals surface area contributed by atoms with E-state index in [9.17, 15) is 4.79 Å². The molecule has 0 saturated carbocycles. The number of amides is 1. The number of rotatable bonds is 5. The molecule has 1 saturated heterocycles. The van der Waals surface area contributed by atoms with Gasteiger partial charge >= 0.3 is 0 Å². The maximum atomic E-state index is 12.4. The lowest BCUT2D eigenvalue weighted by Gasteiger charge is -2.24. The Bertz CT molecular complexity index is 548. The summed E-state index contributed by atoms with van der Waals surface area (Å²) in [5.41, 5.74) is 6.58. The van der Waals surface area contributed by atoms with Crippen molar-refractivity contribution in [3.05, 3.63) is 23.8 Å². The average Bonchev–Trinajstić information content (AvgIpc) is 2.96. The molecule has 0 spiro atoms. The van der Waals surface area contributed by atoms with Crippen molar-refractivity contribution in [3.8, 4) is 11.5 Å². The zero-order valence-corrected chi connectivity index (χ0v) is 13.1. The summed E-state index contributed by atoms with van der Waals surface area (Å²) in [7, 11) is 3.16. The first kappa shape index (κ1) is 15.6. The lowest BCUT2D eigenvalue weighted by molar-refractivity contribution is -0.130. The lowest BCUT2D eigenvalue weighted by Crippen LogP contribution is -2.43. The standard InChI is InChI=1S/C15H20N2O3S/c1-19-12-6-5-10(8-13(12)20-2)9-14(18)17-7-3-4-11(17)15(16)21/h5-6,8,11H,3-4,7,9H2,1-2H3,(H2,16,21). The molecule has 0 bridgehead atoms. The van der Waals surface area contributed by atoms with Crippen molar-refractivity contribution < 1.29 is 14.3 Å². The third-order valence-corrected chi connectivity index (χ3v) is 3.98. The minimum absolute atomic E-state index is 0.0394. The fourth-order valence-corrected chi connectivity index (χ4v) is 2.87. The van der Waals surface area contributed by atoms with E-state index < -0.39 is 0 Å². The smallest absolute Gasteiger partial charge is 0.227 e. The van der Waals surface area contributed by atoms with E-state index in [0.717, 1.165) is 18.4 Å². The number of likely N-dealkylation sites (tertiary alicyclic amines) is 1. The van der Waals surface area contributed by atoms with Gasteiger partial charge in [0.1, 0.15) is 0 Å². The van der Waals surface area contributed by atoms with Crippen molar-refractivity contribution in [2.75, 3.05) is 20.8 Å². The van der Waals surface area contributed by atoms with Crippen LogP contribution in [0.3, 0.4) is 0 Å². The van der Waals surface area contributed by atoms with Crippen molar-refractivity contribution in [3.63, 3.8) is 0 Å². The van der Waals surface area contributed by atoms with E-state index in [4.69, 9.17) is 27.4 Å². The lowest BCUT2D eigenvalue weighted by atomic mass is 10.1. The number of thiocarbonyl (C=S) groups is 1. The highest BCUT2D eigenvalue weighted by atomic mass is 32.1. The Morgan fingerprint density at radius 1 is 1.38 bits per heavy atom. The van der Waals surface area contributed by atoms with Crippen LogP contribution in [0.15, 0.2) is 18.2 Å². The van der Waals surface area contributed by atoms with Gasteiger partial charge in [-0.15, -0.1) is 0 Å². The van der Waals surface area contributed by atoms with E-state index in [1.54, 1.807) is 25.2 Å². The molecule has 1 aliphatic heterocycles. The molecular weight excluding hydrogens is 288 g/mol. The first-order valence-electron chi connectivity index (χ1n) is 6.86.